The predicted molar refractivity (Wildman–Crippen MR) is 82.0 cm³/mol. The third-order valence-electron chi connectivity index (χ3n) is 2.44. The first-order chi connectivity index (χ1) is 9.53. The third-order valence-corrected chi connectivity index (χ3v) is 3.14. The van der Waals surface area contributed by atoms with E-state index in [1.54, 1.807) is 25.3 Å². The van der Waals surface area contributed by atoms with Crippen molar-refractivity contribution in [1.29, 1.82) is 0 Å². The number of nitrogens with one attached hydrogen (secondary N) is 1. The molecule has 20 heavy (non-hydrogen) atoms. The van der Waals surface area contributed by atoms with E-state index in [0.29, 0.717) is 38.6 Å². The number of halogens is 2. The molecule has 1 heterocycles. The average Bonchev–Trinajstić information content (AvgIpc) is 2.38. The Morgan fingerprint density at radius 1 is 1.15 bits per heavy atom. The second-order valence-corrected chi connectivity index (χ2v) is 4.97. The van der Waals surface area contributed by atoms with E-state index in [4.69, 9.17) is 26.8 Å². The van der Waals surface area contributed by atoms with Crippen LogP contribution in [0.3, 0.4) is 0 Å². The molecule has 0 radical (unpaired) electrons. The zero-order valence-electron chi connectivity index (χ0n) is 10.8. The van der Waals surface area contributed by atoms with Gasteiger partial charge in [-0.2, -0.15) is 4.98 Å². The molecule has 0 amide bonds. The maximum atomic E-state index is 6.09. The standard InChI is InChI=1S/C12H12BrClN4O2/c1-19-8-4-9(20-2)7(3-6(8)14)16-12-17-10(13)5-11(15)18-12/h3-5H,1-2H3,(H3,15,16,17,18). The lowest BCUT2D eigenvalue weighted by molar-refractivity contribution is 0.396. The first-order valence-electron chi connectivity index (χ1n) is 5.52. The Morgan fingerprint density at radius 2 is 1.85 bits per heavy atom. The van der Waals surface area contributed by atoms with Crippen LogP contribution in [0.15, 0.2) is 22.8 Å². The van der Waals surface area contributed by atoms with Crippen LogP contribution in [-0.2, 0) is 0 Å². The number of hydrogen-bond acceptors (Lipinski definition) is 6. The number of aromatic nitrogens is 2. The Balaban J connectivity index is 2.39. The van der Waals surface area contributed by atoms with E-state index in [0.717, 1.165) is 0 Å². The fourth-order valence-electron chi connectivity index (χ4n) is 1.57. The van der Waals surface area contributed by atoms with Gasteiger partial charge >= 0.3 is 0 Å². The van der Waals surface area contributed by atoms with E-state index in [-0.39, 0.29) is 0 Å². The van der Waals surface area contributed by atoms with Crippen molar-refractivity contribution >= 4 is 45.0 Å². The maximum absolute atomic E-state index is 6.09. The minimum absolute atomic E-state index is 0.330. The number of nitrogen functional groups attached to an aromatic ring is 1. The first kappa shape index (κ1) is 14.7. The van der Waals surface area contributed by atoms with Crippen LogP contribution in [0.25, 0.3) is 0 Å². The van der Waals surface area contributed by atoms with Gasteiger partial charge in [-0.15, -0.1) is 0 Å². The van der Waals surface area contributed by atoms with Gasteiger partial charge in [0.2, 0.25) is 5.95 Å². The summed E-state index contributed by atoms with van der Waals surface area (Å²) < 4.78 is 11.0. The van der Waals surface area contributed by atoms with E-state index < -0.39 is 0 Å². The molecule has 1 aromatic heterocycles. The Hall–Kier alpha value is -1.73. The van der Waals surface area contributed by atoms with Gasteiger partial charge in [0, 0.05) is 12.1 Å². The molecular formula is C12H12BrClN4O2. The largest absolute Gasteiger partial charge is 0.495 e. The minimum Gasteiger partial charge on any atom is -0.495 e. The molecule has 0 spiro atoms. The van der Waals surface area contributed by atoms with Crippen LogP contribution in [0.5, 0.6) is 11.5 Å². The molecule has 1 aromatic carbocycles. The average molecular weight is 360 g/mol. The SMILES string of the molecule is COc1cc(OC)c(Nc2nc(N)cc(Br)n2)cc1Cl. The fourth-order valence-corrected chi connectivity index (χ4v) is 2.21. The lowest BCUT2D eigenvalue weighted by Gasteiger charge is -2.13. The van der Waals surface area contributed by atoms with Gasteiger partial charge in [0.05, 0.1) is 24.9 Å². The molecule has 0 aliphatic heterocycles. The molecule has 0 aliphatic carbocycles. The molecule has 0 fully saturated rings. The highest BCUT2D eigenvalue weighted by Gasteiger charge is 2.11. The molecule has 8 heteroatoms. The summed E-state index contributed by atoms with van der Waals surface area (Å²) in [6.45, 7) is 0. The van der Waals surface area contributed by atoms with Crippen LogP contribution < -0.4 is 20.5 Å². The molecule has 0 saturated carbocycles. The van der Waals surface area contributed by atoms with Crippen LogP contribution in [0.4, 0.5) is 17.5 Å². The molecule has 0 atom stereocenters. The van der Waals surface area contributed by atoms with Gasteiger partial charge in [0.25, 0.3) is 0 Å². The number of ether oxygens (including phenoxy) is 2. The van der Waals surface area contributed by atoms with Gasteiger partial charge in [-0.25, -0.2) is 4.98 Å². The smallest absolute Gasteiger partial charge is 0.230 e. The lowest BCUT2D eigenvalue weighted by Crippen LogP contribution is -2.02. The first-order valence-corrected chi connectivity index (χ1v) is 6.69. The highest BCUT2D eigenvalue weighted by Crippen LogP contribution is 2.37. The number of anilines is 3. The summed E-state index contributed by atoms with van der Waals surface area (Å²) in [5, 5.41) is 3.44. The zero-order chi connectivity index (χ0) is 14.7. The monoisotopic (exact) mass is 358 g/mol. The molecule has 106 valence electrons. The second-order valence-electron chi connectivity index (χ2n) is 3.75. The highest BCUT2D eigenvalue weighted by atomic mass is 79.9. The Kier molecular flexibility index (Phi) is 4.51. The molecular weight excluding hydrogens is 348 g/mol. The van der Waals surface area contributed by atoms with Crippen LogP contribution in [0.2, 0.25) is 5.02 Å². The summed E-state index contributed by atoms with van der Waals surface area (Å²) in [7, 11) is 3.08. The number of benzene rings is 1. The number of methoxy groups -OCH3 is 2. The van der Waals surface area contributed by atoms with Gasteiger partial charge in [0.15, 0.2) is 0 Å². The summed E-state index contributed by atoms with van der Waals surface area (Å²) in [6, 6.07) is 4.94. The van der Waals surface area contributed by atoms with Crippen molar-refractivity contribution in [3.8, 4) is 11.5 Å². The molecule has 3 N–H and O–H groups in total. The highest BCUT2D eigenvalue weighted by molar-refractivity contribution is 9.10. The van der Waals surface area contributed by atoms with Gasteiger partial charge < -0.3 is 20.5 Å². The minimum atomic E-state index is 0.330. The molecule has 2 aromatic rings. The Bertz CT molecular complexity index is 619. The van der Waals surface area contributed by atoms with Crippen molar-refractivity contribution in [2.75, 3.05) is 25.3 Å². The Labute approximate surface area is 129 Å². The summed E-state index contributed by atoms with van der Waals surface area (Å²) in [5.74, 6) is 1.74. The van der Waals surface area contributed by atoms with Crippen molar-refractivity contribution in [2.24, 2.45) is 0 Å². The predicted octanol–water partition coefficient (Wildman–Crippen LogP) is 3.24. The number of nitrogens with zero attached hydrogens (tertiary/aromatic N) is 2. The van der Waals surface area contributed by atoms with Gasteiger partial charge in [-0.1, -0.05) is 11.6 Å². The van der Waals surface area contributed by atoms with Gasteiger partial charge in [-0.3, -0.25) is 0 Å². The van der Waals surface area contributed by atoms with Crippen LogP contribution >= 0.6 is 27.5 Å². The number of rotatable bonds is 4. The summed E-state index contributed by atoms with van der Waals surface area (Å²) >= 11 is 9.34. The Morgan fingerprint density at radius 3 is 2.45 bits per heavy atom. The van der Waals surface area contributed by atoms with Crippen LogP contribution in [-0.4, -0.2) is 24.2 Å². The van der Waals surface area contributed by atoms with E-state index >= 15 is 0 Å². The summed E-state index contributed by atoms with van der Waals surface area (Å²) in [4.78, 5) is 8.23. The normalized spacial score (nSPS) is 10.2. The van der Waals surface area contributed by atoms with Gasteiger partial charge in [-0.05, 0) is 22.0 Å². The lowest BCUT2D eigenvalue weighted by atomic mass is 10.2. The van der Waals surface area contributed by atoms with Crippen molar-refractivity contribution in [2.45, 2.75) is 0 Å². The summed E-state index contributed by atoms with van der Waals surface area (Å²) in [6.07, 6.45) is 0. The summed E-state index contributed by atoms with van der Waals surface area (Å²) in [5.41, 5.74) is 6.27. The molecule has 0 saturated heterocycles. The zero-order valence-corrected chi connectivity index (χ0v) is 13.1. The van der Waals surface area contributed by atoms with Crippen molar-refractivity contribution < 1.29 is 9.47 Å². The second kappa shape index (κ2) is 6.15. The van der Waals surface area contributed by atoms with Crippen molar-refractivity contribution in [3.63, 3.8) is 0 Å². The molecule has 0 unspecified atom stereocenters. The molecule has 0 aliphatic rings. The quantitative estimate of drug-likeness (QED) is 0.816. The number of nitrogens with two attached hydrogens (primary N) is 1. The van der Waals surface area contributed by atoms with E-state index in [9.17, 15) is 0 Å². The van der Waals surface area contributed by atoms with Crippen LogP contribution in [0.1, 0.15) is 0 Å². The van der Waals surface area contributed by atoms with E-state index in [1.807, 2.05) is 0 Å². The molecule has 6 nitrogen and oxygen atoms in total. The maximum Gasteiger partial charge on any atom is 0.230 e. The van der Waals surface area contributed by atoms with Gasteiger partial charge in [0.1, 0.15) is 21.9 Å². The topological polar surface area (TPSA) is 82.3 Å². The van der Waals surface area contributed by atoms with Crippen LogP contribution in [0, 0.1) is 0 Å². The van der Waals surface area contributed by atoms with E-state index in [2.05, 4.69) is 31.2 Å². The molecule has 2 rings (SSSR count). The number of hydrogen-bond donors (Lipinski definition) is 2. The van der Waals surface area contributed by atoms with Crippen molar-refractivity contribution in [3.05, 3.63) is 27.8 Å². The third kappa shape index (κ3) is 3.23. The molecule has 0 bridgehead atoms. The van der Waals surface area contributed by atoms with E-state index in [1.165, 1.54) is 7.11 Å². The van der Waals surface area contributed by atoms with Crippen molar-refractivity contribution in [1.82, 2.24) is 9.97 Å². The fraction of sp³-hybridized carbons (Fsp3) is 0.167.